The number of nitrogens with zero attached hydrogens (tertiary/aromatic N) is 3. The summed E-state index contributed by atoms with van der Waals surface area (Å²) in [6, 6.07) is 0. The Morgan fingerprint density at radius 2 is 2.47 bits per heavy atom. The van der Waals surface area contributed by atoms with E-state index in [2.05, 4.69) is 10.3 Å². The molecule has 0 bridgehead atoms. The van der Waals surface area contributed by atoms with Crippen LogP contribution in [0.2, 0.25) is 0 Å². The Kier molecular flexibility index (Phi) is 3.33. The fourth-order valence-electron chi connectivity index (χ4n) is 2.01. The van der Waals surface area contributed by atoms with Crippen LogP contribution in [0.1, 0.15) is 31.2 Å². The van der Waals surface area contributed by atoms with E-state index in [4.69, 9.17) is 9.84 Å². The third-order valence-corrected chi connectivity index (χ3v) is 2.80. The first-order chi connectivity index (χ1) is 7.35. The SMILES string of the molecule is CCc1c(CO)nnn1CC1CCCO1. The first-order valence-corrected chi connectivity index (χ1v) is 5.48. The van der Waals surface area contributed by atoms with Crippen molar-refractivity contribution in [1.82, 2.24) is 15.0 Å². The molecule has 5 heteroatoms. The number of hydrogen-bond donors (Lipinski definition) is 1. The zero-order valence-electron chi connectivity index (χ0n) is 9.02. The van der Waals surface area contributed by atoms with Crippen molar-refractivity contribution in [1.29, 1.82) is 0 Å². The summed E-state index contributed by atoms with van der Waals surface area (Å²) in [5.74, 6) is 0. The minimum Gasteiger partial charge on any atom is -0.390 e. The van der Waals surface area contributed by atoms with Gasteiger partial charge in [-0.2, -0.15) is 0 Å². The normalized spacial score (nSPS) is 21.1. The van der Waals surface area contributed by atoms with Crippen molar-refractivity contribution < 1.29 is 9.84 Å². The van der Waals surface area contributed by atoms with E-state index in [0.717, 1.165) is 38.1 Å². The molecule has 0 amide bonds. The third-order valence-electron chi connectivity index (χ3n) is 2.80. The fraction of sp³-hybridized carbons (Fsp3) is 0.800. The lowest BCUT2D eigenvalue weighted by atomic mass is 10.2. The molecule has 84 valence electrons. The van der Waals surface area contributed by atoms with Crippen LogP contribution < -0.4 is 0 Å². The second-order valence-electron chi connectivity index (χ2n) is 3.81. The highest BCUT2D eigenvalue weighted by atomic mass is 16.5. The molecule has 1 aromatic heterocycles. The molecule has 15 heavy (non-hydrogen) atoms. The van der Waals surface area contributed by atoms with Crippen LogP contribution in [0.4, 0.5) is 0 Å². The molecule has 1 N–H and O–H groups in total. The summed E-state index contributed by atoms with van der Waals surface area (Å²) in [6.07, 6.45) is 3.34. The maximum atomic E-state index is 9.08. The molecule has 1 aromatic rings. The number of hydrogen-bond acceptors (Lipinski definition) is 4. The summed E-state index contributed by atoms with van der Waals surface area (Å²) in [5.41, 5.74) is 1.71. The van der Waals surface area contributed by atoms with Gasteiger partial charge in [-0.05, 0) is 19.3 Å². The zero-order chi connectivity index (χ0) is 10.7. The molecule has 0 spiro atoms. The average molecular weight is 211 g/mol. The first-order valence-electron chi connectivity index (χ1n) is 5.48. The van der Waals surface area contributed by atoms with E-state index >= 15 is 0 Å². The van der Waals surface area contributed by atoms with Crippen LogP contribution in [0.25, 0.3) is 0 Å². The van der Waals surface area contributed by atoms with Gasteiger partial charge in [-0.3, -0.25) is 0 Å². The highest BCUT2D eigenvalue weighted by molar-refractivity contribution is 5.08. The molecule has 2 heterocycles. The monoisotopic (exact) mass is 211 g/mol. The quantitative estimate of drug-likeness (QED) is 0.788. The van der Waals surface area contributed by atoms with Gasteiger partial charge in [0.05, 0.1) is 24.9 Å². The maximum Gasteiger partial charge on any atom is 0.111 e. The highest BCUT2D eigenvalue weighted by Gasteiger charge is 2.19. The predicted octanol–water partition coefficient (Wildman–Crippen LogP) is 0.512. The van der Waals surface area contributed by atoms with Gasteiger partial charge < -0.3 is 9.84 Å². The maximum absolute atomic E-state index is 9.08. The summed E-state index contributed by atoms with van der Waals surface area (Å²) in [5, 5.41) is 17.1. The van der Waals surface area contributed by atoms with E-state index < -0.39 is 0 Å². The number of aliphatic hydroxyl groups excluding tert-OH is 1. The van der Waals surface area contributed by atoms with Crippen molar-refractivity contribution in [2.24, 2.45) is 0 Å². The van der Waals surface area contributed by atoms with E-state index in [1.807, 2.05) is 11.6 Å². The lowest BCUT2D eigenvalue weighted by Gasteiger charge is -2.10. The molecule has 1 fully saturated rings. The van der Waals surface area contributed by atoms with Gasteiger partial charge in [-0.25, -0.2) is 4.68 Å². The predicted molar refractivity (Wildman–Crippen MR) is 54.3 cm³/mol. The van der Waals surface area contributed by atoms with Crippen molar-refractivity contribution in [3.05, 3.63) is 11.4 Å². The van der Waals surface area contributed by atoms with Crippen LogP contribution in [0.15, 0.2) is 0 Å². The van der Waals surface area contributed by atoms with E-state index in [9.17, 15) is 0 Å². The van der Waals surface area contributed by atoms with E-state index in [1.54, 1.807) is 0 Å². The van der Waals surface area contributed by atoms with Crippen LogP contribution in [0, 0.1) is 0 Å². The topological polar surface area (TPSA) is 60.2 Å². The minimum absolute atomic E-state index is 0.0330. The highest BCUT2D eigenvalue weighted by Crippen LogP contribution is 2.15. The van der Waals surface area contributed by atoms with Crippen molar-refractivity contribution >= 4 is 0 Å². The average Bonchev–Trinajstić information content (AvgIpc) is 2.87. The van der Waals surface area contributed by atoms with Gasteiger partial charge in [0.25, 0.3) is 0 Å². The number of aromatic nitrogens is 3. The van der Waals surface area contributed by atoms with Crippen LogP contribution in [0.5, 0.6) is 0 Å². The summed E-state index contributed by atoms with van der Waals surface area (Å²) in [4.78, 5) is 0. The van der Waals surface area contributed by atoms with Crippen LogP contribution in [0.3, 0.4) is 0 Å². The van der Waals surface area contributed by atoms with Gasteiger partial charge in [0, 0.05) is 6.61 Å². The molecular weight excluding hydrogens is 194 g/mol. The Hall–Kier alpha value is -0.940. The van der Waals surface area contributed by atoms with Crippen molar-refractivity contribution in [3.8, 4) is 0 Å². The van der Waals surface area contributed by atoms with Gasteiger partial charge in [0.15, 0.2) is 0 Å². The standard InChI is InChI=1S/C10H17N3O2/c1-2-10-9(7-14)11-12-13(10)6-8-4-3-5-15-8/h8,14H,2-7H2,1H3. The lowest BCUT2D eigenvalue weighted by Crippen LogP contribution is -2.18. The molecule has 0 aliphatic carbocycles. The number of rotatable bonds is 4. The number of aliphatic hydroxyl groups is 1. The van der Waals surface area contributed by atoms with E-state index in [0.29, 0.717) is 5.69 Å². The zero-order valence-corrected chi connectivity index (χ0v) is 9.02. The molecule has 5 nitrogen and oxygen atoms in total. The molecule has 1 atom stereocenters. The summed E-state index contributed by atoms with van der Waals surface area (Å²) < 4.78 is 7.41. The third kappa shape index (κ3) is 2.18. The molecular formula is C10H17N3O2. The molecule has 0 aromatic carbocycles. The molecule has 2 rings (SSSR count). The number of ether oxygens (including phenoxy) is 1. The van der Waals surface area contributed by atoms with Crippen molar-refractivity contribution in [2.75, 3.05) is 6.61 Å². The first kappa shape index (κ1) is 10.6. The van der Waals surface area contributed by atoms with Gasteiger partial charge in [-0.15, -0.1) is 5.10 Å². The van der Waals surface area contributed by atoms with Crippen molar-refractivity contribution in [2.45, 2.75) is 45.4 Å². The largest absolute Gasteiger partial charge is 0.390 e. The fourth-order valence-corrected chi connectivity index (χ4v) is 2.01. The van der Waals surface area contributed by atoms with Gasteiger partial charge >= 0.3 is 0 Å². The Bertz CT molecular complexity index is 318. The van der Waals surface area contributed by atoms with E-state index in [1.165, 1.54) is 0 Å². The van der Waals surface area contributed by atoms with Crippen LogP contribution in [-0.2, 0) is 24.3 Å². The molecule has 1 saturated heterocycles. The second-order valence-corrected chi connectivity index (χ2v) is 3.81. The van der Waals surface area contributed by atoms with Crippen LogP contribution in [-0.4, -0.2) is 32.8 Å². The Morgan fingerprint density at radius 3 is 3.07 bits per heavy atom. The molecule has 1 aliphatic heterocycles. The molecule has 1 aliphatic rings. The second kappa shape index (κ2) is 4.72. The lowest BCUT2D eigenvalue weighted by molar-refractivity contribution is 0.0927. The van der Waals surface area contributed by atoms with Gasteiger partial charge in [-0.1, -0.05) is 12.1 Å². The van der Waals surface area contributed by atoms with Crippen molar-refractivity contribution in [3.63, 3.8) is 0 Å². The Morgan fingerprint density at radius 1 is 1.60 bits per heavy atom. The Balaban J connectivity index is 2.09. The smallest absolute Gasteiger partial charge is 0.111 e. The van der Waals surface area contributed by atoms with Crippen LogP contribution >= 0.6 is 0 Å². The molecule has 1 unspecified atom stereocenters. The summed E-state index contributed by atoms with van der Waals surface area (Å²) in [7, 11) is 0. The van der Waals surface area contributed by atoms with Gasteiger partial charge in [0.2, 0.25) is 0 Å². The molecule has 0 radical (unpaired) electrons. The van der Waals surface area contributed by atoms with E-state index in [-0.39, 0.29) is 12.7 Å². The molecule has 0 saturated carbocycles. The summed E-state index contributed by atoms with van der Waals surface area (Å²) in [6.45, 7) is 3.63. The minimum atomic E-state index is -0.0330. The Labute approximate surface area is 89.0 Å². The summed E-state index contributed by atoms with van der Waals surface area (Å²) >= 11 is 0. The van der Waals surface area contributed by atoms with Gasteiger partial charge in [0.1, 0.15) is 5.69 Å².